The molecule has 7 nitrogen and oxygen atoms in total. The molecule has 0 bridgehead atoms. The average molecular weight is 438 g/mol. The van der Waals surface area contributed by atoms with Gasteiger partial charge in [0.25, 0.3) is 5.56 Å². The van der Waals surface area contributed by atoms with Crippen LogP contribution >= 0.6 is 0 Å². The third-order valence-corrected chi connectivity index (χ3v) is 6.23. The first kappa shape index (κ1) is 22.1. The number of fused-ring (bicyclic) bond motifs is 1. The van der Waals surface area contributed by atoms with E-state index in [1.165, 1.54) is 25.3 Å². The Balaban J connectivity index is 1.38. The summed E-state index contributed by atoms with van der Waals surface area (Å²) in [5, 5.41) is 3.05. The van der Waals surface area contributed by atoms with Crippen molar-refractivity contribution in [3.05, 3.63) is 58.2 Å². The molecule has 32 heavy (non-hydrogen) atoms. The fourth-order valence-electron chi connectivity index (χ4n) is 4.44. The highest BCUT2D eigenvalue weighted by Gasteiger charge is 2.26. The van der Waals surface area contributed by atoms with Crippen molar-refractivity contribution in [2.24, 2.45) is 11.8 Å². The fraction of sp³-hybridized carbons (Fsp3) is 0.480. The summed E-state index contributed by atoms with van der Waals surface area (Å²) in [7, 11) is 0. The van der Waals surface area contributed by atoms with Gasteiger partial charge in [0.15, 0.2) is 5.65 Å². The summed E-state index contributed by atoms with van der Waals surface area (Å²) in [5.41, 5.74) is 1.30. The van der Waals surface area contributed by atoms with Crippen molar-refractivity contribution in [1.82, 2.24) is 9.56 Å². The van der Waals surface area contributed by atoms with E-state index in [1.54, 1.807) is 13.0 Å². The Hall–Kier alpha value is -3.09. The maximum atomic E-state index is 12.9. The van der Waals surface area contributed by atoms with Gasteiger partial charge in [0, 0.05) is 18.1 Å². The van der Waals surface area contributed by atoms with Crippen LogP contribution < -0.4 is 15.6 Å². The Morgan fingerprint density at radius 2 is 2.00 bits per heavy atom. The summed E-state index contributed by atoms with van der Waals surface area (Å²) in [6.07, 6.45) is 7.95. The quantitative estimate of drug-likeness (QED) is 0.529. The molecule has 0 saturated heterocycles. The van der Waals surface area contributed by atoms with Crippen LogP contribution in [0.15, 0.2) is 45.7 Å². The standard InChI is InChI=1S/C25H31N3O4/c1-3-4-7-18-10-12-19(13-11-18)25(30)27-21-8-5-6-9-22(21)31-16-20-15-24(29)28-23(26-20)14-17(2)32-28/h5-6,8-9,14-15,18-19H,3-4,7,10-13,16H2,1-2H3,(H,27,30). The molecule has 0 spiro atoms. The van der Waals surface area contributed by atoms with Crippen molar-refractivity contribution in [2.75, 3.05) is 5.32 Å². The molecule has 1 saturated carbocycles. The first-order valence-corrected chi connectivity index (χ1v) is 11.6. The highest BCUT2D eigenvalue weighted by molar-refractivity contribution is 5.94. The second kappa shape index (κ2) is 10.0. The molecule has 1 amide bonds. The van der Waals surface area contributed by atoms with Crippen LogP contribution in [0.2, 0.25) is 0 Å². The number of benzene rings is 1. The van der Waals surface area contributed by atoms with Crippen molar-refractivity contribution in [3.63, 3.8) is 0 Å². The third-order valence-electron chi connectivity index (χ3n) is 6.23. The predicted molar refractivity (Wildman–Crippen MR) is 123 cm³/mol. The predicted octanol–water partition coefficient (Wildman–Crippen LogP) is 5.11. The van der Waals surface area contributed by atoms with E-state index in [0.29, 0.717) is 28.5 Å². The smallest absolute Gasteiger partial charge is 0.287 e. The number of ether oxygens (including phenoxy) is 1. The number of para-hydroxylation sites is 2. The molecule has 1 aliphatic rings. The zero-order valence-corrected chi connectivity index (χ0v) is 18.8. The van der Waals surface area contributed by atoms with Gasteiger partial charge < -0.3 is 14.6 Å². The lowest BCUT2D eigenvalue weighted by Crippen LogP contribution is -2.27. The summed E-state index contributed by atoms with van der Waals surface area (Å²) in [6, 6.07) is 10.5. The van der Waals surface area contributed by atoms with E-state index in [4.69, 9.17) is 9.26 Å². The molecule has 2 aromatic heterocycles. The average Bonchev–Trinajstić information content (AvgIpc) is 3.18. The van der Waals surface area contributed by atoms with Gasteiger partial charge in [0.1, 0.15) is 18.1 Å². The molecule has 4 rings (SSSR count). The molecule has 1 N–H and O–H groups in total. The van der Waals surface area contributed by atoms with Crippen LogP contribution in [0, 0.1) is 18.8 Å². The summed E-state index contributed by atoms with van der Waals surface area (Å²) in [5.74, 6) is 2.04. The van der Waals surface area contributed by atoms with Gasteiger partial charge >= 0.3 is 0 Å². The second-order valence-electron chi connectivity index (χ2n) is 8.72. The van der Waals surface area contributed by atoms with Crippen LogP contribution in [0.5, 0.6) is 5.75 Å². The SMILES string of the molecule is CCCCC1CCC(C(=O)Nc2ccccc2OCc2cc(=O)n3oc(C)cc3n2)CC1. The van der Waals surface area contributed by atoms with Gasteiger partial charge in [-0.1, -0.05) is 38.3 Å². The Labute approximate surface area is 187 Å². The highest BCUT2D eigenvalue weighted by Crippen LogP contribution is 2.33. The van der Waals surface area contributed by atoms with Crippen molar-refractivity contribution >= 4 is 17.2 Å². The summed E-state index contributed by atoms with van der Waals surface area (Å²) < 4.78 is 12.4. The highest BCUT2D eigenvalue weighted by atomic mass is 16.5. The van der Waals surface area contributed by atoms with Gasteiger partial charge in [-0.05, 0) is 50.7 Å². The Morgan fingerprint density at radius 3 is 2.78 bits per heavy atom. The zero-order valence-electron chi connectivity index (χ0n) is 18.8. The third kappa shape index (κ3) is 5.21. The number of rotatable bonds is 8. The minimum absolute atomic E-state index is 0.0504. The van der Waals surface area contributed by atoms with Crippen molar-refractivity contribution in [1.29, 1.82) is 0 Å². The molecule has 2 heterocycles. The van der Waals surface area contributed by atoms with E-state index in [-0.39, 0.29) is 24.0 Å². The van der Waals surface area contributed by atoms with Crippen molar-refractivity contribution in [2.45, 2.75) is 65.4 Å². The van der Waals surface area contributed by atoms with Gasteiger partial charge in [-0.2, -0.15) is 0 Å². The second-order valence-corrected chi connectivity index (χ2v) is 8.72. The number of carbonyl (C=O) groups excluding carboxylic acids is 1. The van der Waals surface area contributed by atoms with E-state index >= 15 is 0 Å². The number of hydrogen-bond acceptors (Lipinski definition) is 5. The molecule has 1 aromatic carbocycles. The van der Waals surface area contributed by atoms with E-state index in [2.05, 4.69) is 17.2 Å². The van der Waals surface area contributed by atoms with Crippen LogP contribution in [0.1, 0.15) is 63.3 Å². The fourth-order valence-corrected chi connectivity index (χ4v) is 4.44. The van der Waals surface area contributed by atoms with Gasteiger partial charge in [0.05, 0.1) is 11.4 Å². The van der Waals surface area contributed by atoms with E-state index < -0.39 is 0 Å². The van der Waals surface area contributed by atoms with E-state index in [9.17, 15) is 9.59 Å². The van der Waals surface area contributed by atoms with Crippen molar-refractivity contribution in [3.8, 4) is 5.75 Å². The zero-order chi connectivity index (χ0) is 22.5. The largest absolute Gasteiger partial charge is 0.485 e. The molecule has 7 heteroatoms. The normalized spacial score (nSPS) is 18.6. The first-order valence-electron chi connectivity index (χ1n) is 11.6. The van der Waals surface area contributed by atoms with Crippen LogP contribution in [0.4, 0.5) is 5.69 Å². The van der Waals surface area contributed by atoms with E-state index in [1.807, 2.05) is 24.3 Å². The van der Waals surface area contributed by atoms with Gasteiger partial charge in [0.2, 0.25) is 5.91 Å². The number of unbranched alkanes of at least 4 members (excludes halogenated alkanes) is 1. The monoisotopic (exact) mass is 437 g/mol. The molecule has 170 valence electrons. The lowest BCUT2D eigenvalue weighted by atomic mass is 9.79. The molecule has 1 aliphatic carbocycles. The molecule has 3 aromatic rings. The van der Waals surface area contributed by atoms with Crippen LogP contribution in [0.3, 0.4) is 0 Å². The summed E-state index contributed by atoms with van der Waals surface area (Å²) in [4.78, 5) is 29.5. The number of amides is 1. The van der Waals surface area contributed by atoms with Gasteiger partial charge in [-0.25, -0.2) is 4.98 Å². The summed E-state index contributed by atoms with van der Waals surface area (Å²) in [6.45, 7) is 4.11. The molecule has 0 unspecified atom stereocenters. The first-order chi connectivity index (χ1) is 15.5. The maximum absolute atomic E-state index is 12.9. The number of hydrogen-bond donors (Lipinski definition) is 1. The maximum Gasteiger partial charge on any atom is 0.287 e. The van der Waals surface area contributed by atoms with Crippen LogP contribution in [0.25, 0.3) is 5.65 Å². The summed E-state index contributed by atoms with van der Waals surface area (Å²) >= 11 is 0. The molecule has 1 fully saturated rings. The van der Waals surface area contributed by atoms with Crippen molar-refractivity contribution < 1.29 is 14.1 Å². The van der Waals surface area contributed by atoms with E-state index in [0.717, 1.165) is 36.2 Å². The Bertz CT molecular complexity index is 1130. The lowest BCUT2D eigenvalue weighted by molar-refractivity contribution is -0.121. The number of anilines is 1. The Morgan fingerprint density at radius 1 is 1.22 bits per heavy atom. The molecular weight excluding hydrogens is 406 g/mol. The number of nitrogens with one attached hydrogen (secondary N) is 1. The van der Waals surface area contributed by atoms with Gasteiger partial charge in [-0.3, -0.25) is 9.59 Å². The Kier molecular flexibility index (Phi) is 6.93. The minimum Gasteiger partial charge on any atom is -0.485 e. The number of aromatic nitrogens is 2. The molecule has 0 aliphatic heterocycles. The van der Waals surface area contributed by atoms with Gasteiger partial charge in [-0.15, -0.1) is 4.57 Å². The van der Waals surface area contributed by atoms with Crippen LogP contribution in [-0.2, 0) is 11.4 Å². The number of carbonyl (C=O) groups is 1. The molecule has 0 radical (unpaired) electrons. The number of aryl methyl sites for hydroxylation is 1. The number of nitrogens with zero attached hydrogens (tertiary/aromatic N) is 2. The van der Waals surface area contributed by atoms with Crippen LogP contribution in [-0.4, -0.2) is 15.5 Å². The lowest BCUT2D eigenvalue weighted by Gasteiger charge is -2.28. The molecular formula is C25H31N3O4. The minimum atomic E-state index is -0.294. The topological polar surface area (TPSA) is 85.8 Å². The molecule has 0 atom stereocenters.